The van der Waals surface area contributed by atoms with Crippen molar-refractivity contribution in [2.75, 3.05) is 39.3 Å². The molecule has 0 bridgehead atoms. The second-order valence-corrected chi connectivity index (χ2v) is 8.59. The molecule has 2 aliphatic rings. The first-order valence-electron chi connectivity index (χ1n) is 9.81. The van der Waals surface area contributed by atoms with Gasteiger partial charge in [0, 0.05) is 19.6 Å². The molecule has 22 heavy (non-hydrogen) atoms. The second-order valence-electron chi connectivity index (χ2n) is 8.59. The van der Waals surface area contributed by atoms with E-state index in [1.54, 1.807) is 0 Å². The molecule has 0 aromatic rings. The van der Waals surface area contributed by atoms with Crippen LogP contribution in [0.25, 0.3) is 0 Å². The Morgan fingerprint density at radius 2 is 1.50 bits per heavy atom. The molecule has 0 spiro atoms. The van der Waals surface area contributed by atoms with Crippen LogP contribution >= 0.6 is 0 Å². The Labute approximate surface area is 140 Å². The molecule has 2 nitrogen and oxygen atoms in total. The van der Waals surface area contributed by atoms with Crippen molar-refractivity contribution in [2.45, 2.75) is 67.7 Å². The van der Waals surface area contributed by atoms with Crippen molar-refractivity contribution in [1.29, 1.82) is 0 Å². The van der Waals surface area contributed by atoms with Crippen molar-refractivity contribution < 1.29 is 0 Å². The zero-order valence-electron chi connectivity index (χ0n) is 16.5. The molecule has 1 atom stereocenters. The van der Waals surface area contributed by atoms with Crippen molar-refractivity contribution in [3.8, 4) is 0 Å². The molecular formula is C20H42N2. The predicted octanol–water partition coefficient (Wildman–Crippen LogP) is 4.75. The average Bonchev–Trinajstić information content (AvgIpc) is 2.45. The van der Waals surface area contributed by atoms with E-state index >= 15 is 0 Å². The molecule has 2 fully saturated rings. The van der Waals surface area contributed by atoms with E-state index < -0.39 is 0 Å². The predicted molar refractivity (Wildman–Crippen MR) is 99.4 cm³/mol. The molecule has 0 N–H and O–H groups in total. The summed E-state index contributed by atoms with van der Waals surface area (Å²) in [5.74, 6) is 2.64. The van der Waals surface area contributed by atoms with Crippen molar-refractivity contribution >= 4 is 0 Å². The van der Waals surface area contributed by atoms with E-state index in [1.165, 1.54) is 58.5 Å². The monoisotopic (exact) mass is 310 g/mol. The minimum absolute atomic E-state index is 0.482. The quantitative estimate of drug-likeness (QED) is 0.739. The van der Waals surface area contributed by atoms with Crippen LogP contribution in [-0.2, 0) is 0 Å². The van der Waals surface area contributed by atoms with E-state index in [2.05, 4.69) is 44.4 Å². The van der Waals surface area contributed by atoms with Gasteiger partial charge in [-0.2, -0.15) is 0 Å². The van der Waals surface area contributed by atoms with E-state index in [9.17, 15) is 0 Å². The summed E-state index contributed by atoms with van der Waals surface area (Å²) in [7, 11) is 0. The minimum Gasteiger partial charge on any atom is -0.303 e. The third-order valence-electron chi connectivity index (χ3n) is 5.51. The molecule has 2 heterocycles. The zero-order valence-corrected chi connectivity index (χ0v) is 16.5. The Bertz CT molecular complexity index is 290. The van der Waals surface area contributed by atoms with Gasteiger partial charge in [0.25, 0.3) is 0 Å². The highest BCUT2D eigenvalue weighted by Gasteiger charge is 2.36. The lowest BCUT2D eigenvalue weighted by Crippen LogP contribution is -2.50. The smallest absolute Gasteiger partial charge is 0.00359 e. The third kappa shape index (κ3) is 6.20. The van der Waals surface area contributed by atoms with Gasteiger partial charge < -0.3 is 9.80 Å². The lowest BCUT2D eigenvalue weighted by molar-refractivity contribution is 0.0211. The fraction of sp³-hybridized carbons (Fsp3) is 1.00. The highest BCUT2D eigenvalue weighted by atomic mass is 15.2. The van der Waals surface area contributed by atoms with Gasteiger partial charge in [0.1, 0.15) is 0 Å². The number of hydrogen-bond donors (Lipinski definition) is 0. The fourth-order valence-corrected chi connectivity index (χ4v) is 4.08. The number of nitrogens with zero attached hydrogens (tertiary/aromatic N) is 2. The molecular weight excluding hydrogens is 268 g/mol. The van der Waals surface area contributed by atoms with Gasteiger partial charge in [-0.05, 0) is 62.1 Å². The molecule has 0 aromatic carbocycles. The Morgan fingerprint density at radius 3 is 2.00 bits per heavy atom. The Balaban J connectivity index is 0.00000116. The molecule has 1 unspecified atom stereocenters. The van der Waals surface area contributed by atoms with Crippen molar-refractivity contribution in [3.05, 3.63) is 0 Å². The maximum Gasteiger partial charge on any atom is 0.00359 e. The summed E-state index contributed by atoms with van der Waals surface area (Å²) in [5.41, 5.74) is 0.482. The normalized spacial score (nSPS) is 27.5. The Morgan fingerprint density at radius 1 is 0.955 bits per heavy atom. The van der Waals surface area contributed by atoms with Crippen LogP contribution in [0.15, 0.2) is 0 Å². The number of hydrogen-bond acceptors (Lipinski definition) is 2. The minimum atomic E-state index is 0.482. The van der Waals surface area contributed by atoms with Gasteiger partial charge in [0.2, 0.25) is 0 Å². The van der Waals surface area contributed by atoms with Crippen LogP contribution in [0.3, 0.4) is 0 Å². The standard InChI is InChI=1S/C18H36N2.C2H6/c1-15(2)12-20-11-8-17(18(4,5)14-20)13-19-9-6-16(3)7-10-19;1-2/h15-17H,6-14H2,1-5H3;1-2H3. The summed E-state index contributed by atoms with van der Waals surface area (Å²) in [6.45, 7) is 24.0. The van der Waals surface area contributed by atoms with E-state index in [0.29, 0.717) is 5.41 Å². The lowest BCUT2D eigenvalue weighted by atomic mass is 9.73. The molecule has 0 saturated carbocycles. The molecule has 2 aliphatic heterocycles. The van der Waals surface area contributed by atoms with Gasteiger partial charge >= 0.3 is 0 Å². The summed E-state index contributed by atoms with van der Waals surface area (Å²) in [4.78, 5) is 5.43. The molecule has 132 valence electrons. The van der Waals surface area contributed by atoms with Gasteiger partial charge in [0.15, 0.2) is 0 Å². The summed E-state index contributed by atoms with van der Waals surface area (Å²) < 4.78 is 0. The average molecular weight is 311 g/mol. The van der Waals surface area contributed by atoms with Gasteiger partial charge in [-0.15, -0.1) is 0 Å². The summed E-state index contributed by atoms with van der Waals surface area (Å²) in [6.07, 6.45) is 4.21. The summed E-state index contributed by atoms with van der Waals surface area (Å²) in [6, 6.07) is 0. The van der Waals surface area contributed by atoms with Gasteiger partial charge in [-0.25, -0.2) is 0 Å². The van der Waals surface area contributed by atoms with E-state index in [4.69, 9.17) is 0 Å². The highest BCUT2D eigenvalue weighted by Crippen LogP contribution is 2.36. The molecule has 2 heteroatoms. The Hall–Kier alpha value is -0.0800. The number of likely N-dealkylation sites (tertiary alicyclic amines) is 2. The molecule has 0 amide bonds. The second kappa shape index (κ2) is 9.27. The van der Waals surface area contributed by atoms with Crippen molar-refractivity contribution in [1.82, 2.24) is 9.80 Å². The number of rotatable bonds is 4. The first-order chi connectivity index (χ1) is 10.4. The summed E-state index contributed by atoms with van der Waals surface area (Å²) >= 11 is 0. The van der Waals surface area contributed by atoms with E-state index in [0.717, 1.165) is 17.8 Å². The Kier molecular flexibility index (Phi) is 8.42. The third-order valence-corrected chi connectivity index (χ3v) is 5.51. The molecule has 0 radical (unpaired) electrons. The zero-order chi connectivity index (χ0) is 16.8. The molecule has 0 aromatic heterocycles. The largest absolute Gasteiger partial charge is 0.303 e. The van der Waals surface area contributed by atoms with Crippen LogP contribution < -0.4 is 0 Å². The first-order valence-corrected chi connectivity index (χ1v) is 9.81. The van der Waals surface area contributed by atoms with E-state index in [-0.39, 0.29) is 0 Å². The van der Waals surface area contributed by atoms with Crippen molar-refractivity contribution in [3.63, 3.8) is 0 Å². The highest BCUT2D eigenvalue weighted by molar-refractivity contribution is 4.89. The van der Waals surface area contributed by atoms with Crippen LogP contribution in [0.2, 0.25) is 0 Å². The maximum absolute atomic E-state index is 2.74. The van der Waals surface area contributed by atoms with Crippen LogP contribution in [-0.4, -0.2) is 49.1 Å². The topological polar surface area (TPSA) is 6.48 Å². The van der Waals surface area contributed by atoms with E-state index in [1.807, 2.05) is 13.8 Å². The van der Waals surface area contributed by atoms with Gasteiger partial charge in [0.05, 0.1) is 0 Å². The first kappa shape index (κ1) is 20.0. The molecule has 2 saturated heterocycles. The molecule has 2 rings (SSSR count). The number of piperidine rings is 2. The fourth-order valence-electron chi connectivity index (χ4n) is 4.08. The van der Waals surface area contributed by atoms with Crippen molar-refractivity contribution in [2.24, 2.45) is 23.2 Å². The van der Waals surface area contributed by atoms with Crippen LogP contribution in [0.4, 0.5) is 0 Å². The van der Waals surface area contributed by atoms with Crippen LogP contribution in [0.5, 0.6) is 0 Å². The van der Waals surface area contributed by atoms with Gasteiger partial charge in [-0.3, -0.25) is 0 Å². The SMILES string of the molecule is CC.CC(C)CN1CCC(CN2CCC(C)CC2)C(C)(C)C1. The molecule has 0 aliphatic carbocycles. The van der Waals surface area contributed by atoms with Gasteiger partial charge in [-0.1, -0.05) is 48.5 Å². The summed E-state index contributed by atoms with van der Waals surface area (Å²) in [5, 5.41) is 0. The maximum atomic E-state index is 2.74. The van der Waals surface area contributed by atoms with Crippen LogP contribution in [0, 0.1) is 23.2 Å². The lowest BCUT2D eigenvalue weighted by Gasteiger charge is -2.47. The van der Waals surface area contributed by atoms with Crippen LogP contribution in [0.1, 0.15) is 67.7 Å².